The van der Waals surface area contributed by atoms with Crippen LogP contribution in [0, 0.1) is 5.82 Å². The fourth-order valence-corrected chi connectivity index (χ4v) is 1.56. The molecule has 1 aromatic carbocycles. The SMILES string of the molecule is C=CC(=O)NC(C)Cc1cc(F)cc(OC)c1. The van der Waals surface area contributed by atoms with Crippen molar-refractivity contribution in [2.75, 3.05) is 7.11 Å². The highest BCUT2D eigenvalue weighted by Crippen LogP contribution is 2.17. The first kappa shape index (κ1) is 13.2. The number of carbonyl (C=O) groups is 1. The van der Waals surface area contributed by atoms with Gasteiger partial charge in [0.05, 0.1) is 7.11 Å². The second-order valence-electron chi connectivity index (χ2n) is 3.82. The molecule has 3 nitrogen and oxygen atoms in total. The van der Waals surface area contributed by atoms with Crippen LogP contribution in [0.15, 0.2) is 30.9 Å². The summed E-state index contributed by atoms with van der Waals surface area (Å²) in [4.78, 5) is 11.1. The average Bonchev–Trinajstić information content (AvgIpc) is 2.27. The molecule has 1 rings (SSSR count). The number of benzene rings is 1. The number of ether oxygens (including phenoxy) is 1. The van der Waals surface area contributed by atoms with Gasteiger partial charge in [0, 0.05) is 12.1 Å². The predicted molar refractivity (Wildman–Crippen MR) is 64.5 cm³/mol. The average molecular weight is 237 g/mol. The molecule has 4 heteroatoms. The van der Waals surface area contributed by atoms with Gasteiger partial charge in [-0.05, 0) is 37.1 Å². The third-order valence-electron chi connectivity index (χ3n) is 2.28. The van der Waals surface area contributed by atoms with Crippen LogP contribution >= 0.6 is 0 Å². The summed E-state index contributed by atoms with van der Waals surface area (Å²) in [6.07, 6.45) is 1.75. The quantitative estimate of drug-likeness (QED) is 0.796. The Morgan fingerprint density at radius 1 is 1.59 bits per heavy atom. The Balaban J connectivity index is 2.70. The Morgan fingerprint density at radius 3 is 2.88 bits per heavy atom. The Hall–Kier alpha value is -1.84. The highest BCUT2D eigenvalue weighted by atomic mass is 19.1. The van der Waals surface area contributed by atoms with Crippen molar-refractivity contribution in [3.8, 4) is 5.75 Å². The maximum atomic E-state index is 13.2. The molecule has 0 fully saturated rings. The summed E-state index contributed by atoms with van der Waals surface area (Å²) in [5, 5.41) is 2.71. The highest BCUT2D eigenvalue weighted by Gasteiger charge is 2.08. The predicted octanol–water partition coefficient (Wildman–Crippen LogP) is 2.07. The van der Waals surface area contributed by atoms with Crippen LogP contribution in [0.5, 0.6) is 5.75 Å². The van der Waals surface area contributed by atoms with Gasteiger partial charge in [-0.2, -0.15) is 0 Å². The summed E-state index contributed by atoms with van der Waals surface area (Å²) in [6, 6.07) is 4.40. The van der Waals surface area contributed by atoms with E-state index in [1.54, 1.807) is 6.07 Å². The zero-order chi connectivity index (χ0) is 12.8. The largest absolute Gasteiger partial charge is 0.497 e. The van der Waals surface area contributed by atoms with E-state index < -0.39 is 0 Å². The van der Waals surface area contributed by atoms with Gasteiger partial charge < -0.3 is 10.1 Å². The van der Waals surface area contributed by atoms with Gasteiger partial charge in [-0.15, -0.1) is 0 Å². The molecule has 0 saturated heterocycles. The summed E-state index contributed by atoms with van der Waals surface area (Å²) < 4.78 is 18.2. The van der Waals surface area contributed by atoms with E-state index in [0.29, 0.717) is 12.2 Å². The van der Waals surface area contributed by atoms with Crippen molar-refractivity contribution >= 4 is 5.91 Å². The van der Waals surface area contributed by atoms with Gasteiger partial charge in [-0.3, -0.25) is 4.79 Å². The maximum Gasteiger partial charge on any atom is 0.243 e. The molecule has 1 amide bonds. The van der Waals surface area contributed by atoms with Gasteiger partial charge in [0.15, 0.2) is 0 Å². The maximum absolute atomic E-state index is 13.2. The number of methoxy groups -OCH3 is 1. The molecule has 1 atom stereocenters. The number of rotatable bonds is 5. The van der Waals surface area contributed by atoms with E-state index >= 15 is 0 Å². The molecule has 0 bridgehead atoms. The van der Waals surface area contributed by atoms with Crippen LogP contribution in [0.25, 0.3) is 0 Å². The van der Waals surface area contributed by atoms with Crippen LogP contribution in [-0.2, 0) is 11.2 Å². The van der Waals surface area contributed by atoms with Crippen molar-refractivity contribution in [2.24, 2.45) is 0 Å². The van der Waals surface area contributed by atoms with Crippen molar-refractivity contribution < 1.29 is 13.9 Å². The third kappa shape index (κ3) is 4.26. The lowest BCUT2D eigenvalue weighted by Crippen LogP contribution is -2.32. The fraction of sp³-hybridized carbons (Fsp3) is 0.308. The zero-order valence-corrected chi connectivity index (χ0v) is 10.00. The van der Waals surface area contributed by atoms with Gasteiger partial charge in [-0.25, -0.2) is 4.39 Å². The molecule has 0 aromatic heterocycles. The van der Waals surface area contributed by atoms with Gasteiger partial charge in [0.2, 0.25) is 5.91 Å². The number of hydrogen-bond donors (Lipinski definition) is 1. The Morgan fingerprint density at radius 2 is 2.29 bits per heavy atom. The van der Waals surface area contributed by atoms with Crippen LogP contribution in [0.2, 0.25) is 0 Å². The zero-order valence-electron chi connectivity index (χ0n) is 10.00. The van der Waals surface area contributed by atoms with Gasteiger partial charge >= 0.3 is 0 Å². The van der Waals surface area contributed by atoms with Crippen LogP contribution in [-0.4, -0.2) is 19.1 Å². The fourth-order valence-electron chi connectivity index (χ4n) is 1.56. The minimum absolute atomic E-state index is 0.0907. The van der Waals surface area contributed by atoms with Crippen LogP contribution < -0.4 is 10.1 Å². The van der Waals surface area contributed by atoms with E-state index in [1.165, 1.54) is 25.3 Å². The monoisotopic (exact) mass is 237 g/mol. The standard InChI is InChI=1S/C13H16FNO2/c1-4-13(16)15-9(2)5-10-6-11(14)8-12(7-10)17-3/h4,6-9H,1,5H2,2-3H3,(H,15,16). The summed E-state index contributed by atoms with van der Waals surface area (Å²) in [5.74, 6) is -0.107. The molecule has 17 heavy (non-hydrogen) atoms. The first-order valence-corrected chi connectivity index (χ1v) is 5.31. The van der Waals surface area contributed by atoms with E-state index in [4.69, 9.17) is 4.74 Å². The van der Waals surface area contributed by atoms with Gasteiger partial charge in [0.1, 0.15) is 11.6 Å². The molecule has 0 saturated carbocycles. The molecule has 92 valence electrons. The molecule has 0 aliphatic carbocycles. The number of amides is 1. The first-order chi connectivity index (χ1) is 8.05. The second kappa shape index (κ2) is 6.03. The van der Waals surface area contributed by atoms with Crippen molar-refractivity contribution in [1.82, 2.24) is 5.32 Å². The van der Waals surface area contributed by atoms with Crippen LogP contribution in [0.3, 0.4) is 0 Å². The summed E-state index contributed by atoms with van der Waals surface area (Å²) in [5.41, 5.74) is 0.777. The minimum atomic E-state index is -0.346. The second-order valence-corrected chi connectivity index (χ2v) is 3.82. The van der Waals surface area contributed by atoms with E-state index in [0.717, 1.165) is 5.56 Å². The van der Waals surface area contributed by atoms with Crippen LogP contribution in [0.1, 0.15) is 12.5 Å². The Bertz CT molecular complexity index is 418. The Kier molecular flexibility index (Phi) is 4.69. The number of halogens is 1. The van der Waals surface area contributed by atoms with E-state index in [2.05, 4.69) is 11.9 Å². The molecule has 0 spiro atoms. The molecule has 0 heterocycles. The smallest absolute Gasteiger partial charge is 0.243 e. The molecule has 0 aliphatic rings. The van der Waals surface area contributed by atoms with Crippen LogP contribution in [0.4, 0.5) is 4.39 Å². The van der Waals surface area contributed by atoms with Crippen molar-refractivity contribution in [3.05, 3.63) is 42.2 Å². The summed E-state index contributed by atoms with van der Waals surface area (Å²) >= 11 is 0. The lowest BCUT2D eigenvalue weighted by molar-refractivity contribution is -0.117. The Labute approximate surface area is 100 Å². The van der Waals surface area contributed by atoms with Gasteiger partial charge in [0.25, 0.3) is 0 Å². The molecule has 1 unspecified atom stereocenters. The summed E-state index contributed by atoms with van der Waals surface area (Å²) in [6.45, 7) is 5.22. The number of carbonyl (C=O) groups excluding carboxylic acids is 1. The molecular weight excluding hydrogens is 221 g/mol. The molecule has 0 aliphatic heterocycles. The molecule has 1 N–H and O–H groups in total. The van der Waals surface area contributed by atoms with E-state index in [1.807, 2.05) is 6.92 Å². The normalized spacial score (nSPS) is 11.7. The molecule has 1 aromatic rings. The summed E-state index contributed by atoms with van der Waals surface area (Å²) in [7, 11) is 1.49. The van der Waals surface area contributed by atoms with Crippen molar-refractivity contribution in [1.29, 1.82) is 0 Å². The number of hydrogen-bond acceptors (Lipinski definition) is 2. The lowest BCUT2D eigenvalue weighted by atomic mass is 10.1. The lowest BCUT2D eigenvalue weighted by Gasteiger charge is -2.13. The van der Waals surface area contributed by atoms with E-state index in [9.17, 15) is 9.18 Å². The van der Waals surface area contributed by atoms with Gasteiger partial charge in [-0.1, -0.05) is 6.58 Å². The number of nitrogens with one attached hydrogen (secondary N) is 1. The van der Waals surface area contributed by atoms with Crippen molar-refractivity contribution in [3.63, 3.8) is 0 Å². The van der Waals surface area contributed by atoms with E-state index in [-0.39, 0.29) is 17.8 Å². The molecule has 0 radical (unpaired) electrons. The minimum Gasteiger partial charge on any atom is -0.497 e. The first-order valence-electron chi connectivity index (χ1n) is 5.31. The van der Waals surface area contributed by atoms with Crippen molar-refractivity contribution in [2.45, 2.75) is 19.4 Å². The third-order valence-corrected chi connectivity index (χ3v) is 2.28. The molecular formula is C13H16FNO2. The highest BCUT2D eigenvalue weighted by molar-refractivity contribution is 5.87. The topological polar surface area (TPSA) is 38.3 Å².